The summed E-state index contributed by atoms with van der Waals surface area (Å²) in [4.78, 5) is 0. The largest absolute Gasteiger partial charge is 0.308 e. The van der Waals surface area contributed by atoms with Gasteiger partial charge in [0.2, 0.25) is 0 Å². The van der Waals surface area contributed by atoms with Crippen molar-refractivity contribution in [3.8, 4) is 0 Å². The highest BCUT2D eigenvalue weighted by Crippen LogP contribution is 2.12. The van der Waals surface area contributed by atoms with Gasteiger partial charge in [-0.1, -0.05) is 0 Å². The van der Waals surface area contributed by atoms with Gasteiger partial charge in [-0.2, -0.15) is 5.10 Å². The minimum atomic E-state index is 0. The van der Waals surface area contributed by atoms with Gasteiger partial charge in [0.1, 0.15) is 0 Å². The molecular weight excluding hydrogens is 197 g/mol. The molecule has 1 aromatic heterocycles. The van der Waals surface area contributed by atoms with Crippen molar-refractivity contribution in [1.82, 2.24) is 15.5 Å². The van der Waals surface area contributed by atoms with Crippen molar-refractivity contribution in [2.24, 2.45) is 0 Å². The molecule has 3 nitrogen and oxygen atoms in total. The van der Waals surface area contributed by atoms with Crippen LogP contribution in [0.3, 0.4) is 0 Å². The van der Waals surface area contributed by atoms with Crippen LogP contribution in [-0.2, 0) is 13.0 Å². The van der Waals surface area contributed by atoms with E-state index in [9.17, 15) is 0 Å². The first-order valence-electron chi connectivity index (χ1n) is 3.61. The number of rotatable bonds is 0. The van der Waals surface area contributed by atoms with Crippen molar-refractivity contribution in [2.45, 2.75) is 25.9 Å². The van der Waals surface area contributed by atoms with E-state index in [2.05, 4.69) is 22.4 Å². The Morgan fingerprint density at radius 2 is 2.25 bits per heavy atom. The number of hydrogen-bond donors (Lipinski definition) is 2. The van der Waals surface area contributed by atoms with E-state index in [4.69, 9.17) is 0 Å². The SMILES string of the molecule is CC1Cc2cn[nH]c2CN1.Cl.Cl. The Morgan fingerprint density at radius 1 is 1.50 bits per heavy atom. The van der Waals surface area contributed by atoms with Crippen LogP contribution in [0.4, 0.5) is 0 Å². The summed E-state index contributed by atoms with van der Waals surface area (Å²) < 4.78 is 0. The fourth-order valence-corrected chi connectivity index (χ4v) is 1.35. The molecule has 1 aromatic rings. The second kappa shape index (κ2) is 4.70. The molecule has 0 aromatic carbocycles. The van der Waals surface area contributed by atoms with Crippen LogP contribution in [0.2, 0.25) is 0 Å². The molecule has 0 fully saturated rings. The zero-order chi connectivity index (χ0) is 6.97. The van der Waals surface area contributed by atoms with Crippen LogP contribution in [-0.4, -0.2) is 16.2 Å². The Kier molecular flexibility index (Phi) is 4.60. The van der Waals surface area contributed by atoms with E-state index in [-0.39, 0.29) is 24.8 Å². The summed E-state index contributed by atoms with van der Waals surface area (Å²) in [5.74, 6) is 0. The summed E-state index contributed by atoms with van der Waals surface area (Å²) >= 11 is 0. The maximum absolute atomic E-state index is 3.97. The lowest BCUT2D eigenvalue weighted by atomic mass is 10.0. The zero-order valence-electron chi connectivity index (χ0n) is 6.83. The van der Waals surface area contributed by atoms with Crippen molar-refractivity contribution in [3.05, 3.63) is 17.5 Å². The van der Waals surface area contributed by atoms with Crippen LogP contribution in [0.5, 0.6) is 0 Å². The highest BCUT2D eigenvalue weighted by atomic mass is 35.5. The summed E-state index contributed by atoms with van der Waals surface area (Å²) in [5, 5.41) is 10.3. The van der Waals surface area contributed by atoms with Gasteiger partial charge in [-0.15, -0.1) is 24.8 Å². The molecule has 5 heteroatoms. The molecule has 2 rings (SSSR count). The van der Waals surface area contributed by atoms with Crippen LogP contribution in [0, 0.1) is 0 Å². The number of hydrogen-bond acceptors (Lipinski definition) is 2. The molecule has 0 aliphatic carbocycles. The first kappa shape index (κ1) is 11.8. The smallest absolute Gasteiger partial charge is 0.0523 e. The molecule has 2 heterocycles. The number of nitrogens with zero attached hydrogens (tertiary/aromatic N) is 1. The summed E-state index contributed by atoms with van der Waals surface area (Å²) in [6.45, 7) is 3.13. The van der Waals surface area contributed by atoms with Crippen LogP contribution >= 0.6 is 24.8 Å². The minimum absolute atomic E-state index is 0. The predicted octanol–water partition coefficient (Wildman–Crippen LogP) is 1.29. The molecule has 1 unspecified atom stereocenters. The molecule has 12 heavy (non-hydrogen) atoms. The van der Waals surface area contributed by atoms with Crippen molar-refractivity contribution in [1.29, 1.82) is 0 Å². The molecule has 1 aliphatic rings. The van der Waals surface area contributed by atoms with Crippen molar-refractivity contribution < 1.29 is 0 Å². The Labute approximate surface area is 84.1 Å². The van der Waals surface area contributed by atoms with Gasteiger partial charge < -0.3 is 5.32 Å². The second-order valence-corrected chi connectivity index (χ2v) is 2.86. The summed E-state index contributed by atoms with van der Waals surface area (Å²) in [7, 11) is 0. The zero-order valence-corrected chi connectivity index (χ0v) is 8.47. The summed E-state index contributed by atoms with van der Waals surface area (Å²) in [6, 6.07) is 0.602. The lowest BCUT2D eigenvalue weighted by Crippen LogP contribution is -2.32. The van der Waals surface area contributed by atoms with Gasteiger partial charge in [-0.25, -0.2) is 0 Å². The van der Waals surface area contributed by atoms with Crippen LogP contribution in [0.25, 0.3) is 0 Å². The molecule has 0 radical (unpaired) electrons. The van der Waals surface area contributed by atoms with E-state index in [1.54, 1.807) is 0 Å². The van der Waals surface area contributed by atoms with Crippen LogP contribution in [0.1, 0.15) is 18.2 Å². The standard InChI is InChI=1S/C7H11N3.2ClH/c1-5-2-6-3-9-10-7(6)4-8-5;;/h3,5,8H,2,4H2,1H3,(H,9,10);2*1H. The molecular formula is C7H13Cl2N3. The Hall–Kier alpha value is -0.250. The third kappa shape index (κ3) is 2.12. The van der Waals surface area contributed by atoms with Gasteiger partial charge in [0, 0.05) is 12.6 Å². The van der Waals surface area contributed by atoms with Gasteiger partial charge >= 0.3 is 0 Å². The number of halogens is 2. The number of aromatic amines is 1. The van der Waals surface area contributed by atoms with E-state index in [1.807, 2.05) is 6.20 Å². The van der Waals surface area contributed by atoms with Crippen LogP contribution in [0.15, 0.2) is 6.20 Å². The van der Waals surface area contributed by atoms with Gasteiger partial charge in [0.25, 0.3) is 0 Å². The third-order valence-electron chi connectivity index (χ3n) is 1.96. The number of aromatic nitrogens is 2. The molecule has 0 spiro atoms. The van der Waals surface area contributed by atoms with Gasteiger partial charge in [0.05, 0.1) is 11.9 Å². The van der Waals surface area contributed by atoms with Gasteiger partial charge in [0.15, 0.2) is 0 Å². The first-order valence-corrected chi connectivity index (χ1v) is 3.61. The normalized spacial score (nSPS) is 20.2. The maximum Gasteiger partial charge on any atom is 0.0523 e. The Morgan fingerprint density at radius 3 is 3.00 bits per heavy atom. The highest BCUT2D eigenvalue weighted by Gasteiger charge is 2.14. The second-order valence-electron chi connectivity index (χ2n) is 2.86. The fourth-order valence-electron chi connectivity index (χ4n) is 1.35. The number of H-pyrrole nitrogens is 1. The molecule has 2 N–H and O–H groups in total. The number of nitrogens with one attached hydrogen (secondary N) is 2. The van der Waals surface area contributed by atoms with E-state index in [0.717, 1.165) is 13.0 Å². The van der Waals surface area contributed by atoms with Gasteiger partial charge in [-0.05, 0) is 18.9 Å². The van der Waals surface area contributed by atoms with Crippen molar-refractivity contribution in [3.63, 3.8) is 0 Å². The predicted molar refractivity (Wildman–Crippen MR) is 53.1 cm³/mol. The van der Waals surface area contributed by atoms with Crippen molar-refractivity contribution >= 4 is 24.8 Å². The lowest BCUT2D eigenvalue weighted by molar-refractivity contribution is 0.508. The lowest BCUT2D eigenvalue weighted by Gasteiger charge is -2.18. The van der Waals surface area contributed by atoms with Crippen LogP contribution < -0.4 is 5.32 Å². The molecule has 0 saturated heterocycles. The van der Waals surface area contributed by atoms with E-state index < -0.39 is 0 Å². The average Bonchev–Trinajstić information content (AvgIpc) is 2.33. The summed E-state index contributed by atoms with van der Waals surface area (Å²) in [5.41, 5.74) is 2.62. The molecule has 70 valence electrons. The van der Waals surface area contributed by atoms with E-state index >= 15 is 0 Å². The Bertz CT molecular complexity index is 236. The minimum Gasteiger partial charge on any atom is -0.308 e. The molecule has 1 aliphatic heterocycles. The molecule has 0 bridgehead atoms. The monoisotopic (exact) mass is 209 g/mol. The first-order chi connectivity index (χ1) is 4.86. The van der Waals surface area contributed by atoms with E-state index in [0.29, 0.717) is 6.04 Å². The highest BCUT2D eigenvalue weighted by molar-refractivity contribution is 5.85. The topological polar surface area (TPSA) is 40.7 Å². The quantitative estimate of drug-likeness (QED) is 0.677. The average molecular weight is 210 g/mol. The number of fused-ring (bicyclic) bond motifs is 1. The molecule has 0 amide bonds. The van der Waals surface area contributed by atoms with Crippen molar-refractivity contribution in [2.75, 3.05) is 0 Å². The fraction of sp³-hybridized carbons (Fsp3) is 0.571. The molecule has 1 atom stereocenters. The van der Waals surface area contributed by atoms with Gasteiger partial charge in [-0.3, -0.25) is 5.10 Å². The maximum atomic E-state index is 3.97. The Balaban J connectivity index is 0.000000605. The molecule has 0 saturated carbocycles. The third-order valence-corrected chi connectivity index (χ3v) is 1.96. The summed E-state index contributed by atoms with van der Waals surface area (Å²) in [6.07, 6.45) is 3.03. The van der Waals surface area contributed by atoms with E-state index in [1.165, 1.54) is 11.3 Å².